The van der Waals surface area contributed by atoms with Crippen LogP contribution in [0.5, 0.6) is 0 Å². The van der Waals surface area contributed by atoms with E-state index in [1.807, 2.05) is 0 Å². The van der Waals surface area contributed by atoms with Crippen LogP contribution in [0, 0.1) is 23.7 Å². The minimum Gasteiger partial charge on any atom is -0.381 e. The number of rotatable bonds is 0. The molecule has 2 aliphatic heterocycles. The predicted octanol–water partition coefficient (Wildman–Crippen LogP) is 1.47. The maximum atomic E-state index is 5.59. The minimum atomic E-state index is 0.796. The summed E-state index contributed by atoms with van der Waals surface area (Å²) in [4.78, 5) is 2.47. The fourth-order valence-electron chi connectivity index (χ4n) is 2.94. The molecule has 4 atom stereocenters. The first-order valence-electron chi connectivity index (χ1n) is 5.44. The summed E-state index contributed by atoms with van der Waals surface area (Å²) in [5, 5.41) is 0. The monoisotopic (exact) mass is 183 g/mol. The van der Waals surface area contributed by atoms with E-state index in [1.54, 1.807) is 0 Å². The van der Waals surface area contributed by atoms with E-state index in [0.29, 0.717) is 0 Å². The third-order valence-electron chi connectivity index (χ3n) is 3.97. The highest BCUT2D eigenvalue weighted by Crippen LogP contribution is 2.35. The van der Waals surface area contributed by atoms with Gasteiger partial charge in [0.05, 0.1) is 13.2 Å². The van der Waals surface area contributed by atoms with Crippen LogP contribution in [0.3, 0.4) is 0 Å². The highest BCUT2D eigenvalue weighted by atomic mass is 16.5. The third-order valence-corrected chi connectivity index (χ3v) is 3.97. The standard InChI is InChI=1S/C11H21NO/c1-8-4-12(3)5-10-6-13-7-11(10)9(8)2/h8-11H,4-7H2,1-3H3/t8-,9-,10?,11?/m1/s1. The Kier molecular flexibility index (Phi) is 2.61. The molecule has 2 fully saturated rings. The molecule has 0 aromatic rings. The lowest BCUT2D eigenvalue weighted by Gasteiger charge is -2.24. The number of nitrogens with zero attached hydrogens (tertiary/aromatic N) is 1. The molecule has 0 bridgehead atoms. The van der Waals surface area contributed by atoms with Gasteiger partial charge in [0.15, 0.2) is 0 Å². The highest BCUT2D eigenvalue weighted by molar-refractivity contribution is 4.87. The second-order valence-corrected chi connectivity index (χ2v) is 5.02. The molecule has 2 unspecified atom stereocenters. The smallest absolute Gasteiger partial charge is 0.0510 e. The van der Waals surface area contributed by atoms with Crippen LogP contribution in [-0.2, 0) is 4.74 Å². The van der Waals surface area contributed by atoms with Crippen LogP contribution in [0.1, 0.15) is 13.8 Å². The molecule has 2 saturated heterocycles. The van der Waals surface area contributed by atoms with Gasteiger partial charge in [0.2, 0.25) is 0 Å². The molecule has 76 valence electrons. The van der Waals surface area contributed by atoms with Crippen LogP contribution < -0.4 is 0 Å². The van der Waals surface area contributed by atoms with Crippen molar-refractivity contribution in [3.05, 3.63) is 0 Å². The lowest BCUT2D eigenvalue weighted by molar-refractivity contribution is 0.150. The van der Waals surface area contributed by atoms with Gasteiger partial charge in [0, 0.05) is 19.0 Å². The predicted molar refractivity (Wildman–Crippen MR) is 53.6 cm³/mol. The molecule has 2 nitrogen and oxygen atoms in total. The molecule has 13 heavy (non-hydrogen) atoms. The van der Waals surface area contributed by atoms with Gasteiger partial charge < -0.3 is 9.64 Å². The van der Waals surface area contributed by atoms with E-state index in [2.05, 4.69) is 25.8 Å². The minimum absolute atomic E-state index is 0.796. The Morgan fingerprint density at radius 3 is 2.69 bits per heavy atom. The van der Waals surface area contributed by atoms with E-state index < -0.39 is 0 Å². The molecule has 2 heterocycles. The summed E-state index contributed by atoms with van der Waals surface area (Å²) >= 11 is 0. The van der Waals surface area contributed by atoms with Crippen molar-refractivity contribution in [2.45, 2.75) is 13.8 Å². The van der Waals surface area contributed by atoms with Crippen molar-refractivity contribution in [3.63, 3.8) is 0 Å². The second-order valence-electron chi connectivity index (χ2n) is 5.02. The Morgan fingerprint density at radius 2 is 1.92 bits per heavy atom. The summed E-state index contributed by atoms with van der Waals surface area (Å²) in [6, 6.07) is 0. The Balaban J connectivity index is 2.11. The van der Waals surface area contributed by atoms with Crippen LogP contribution in [0.25, 0.3) is 0 Å². The number of ether oxygens (including phenoxy) is 1. The SMILES string of the molecule is C[C@@H]1CN(C)CC2COCC2[C@@H]1C. The fourth-order valence-corrected chi connectivity index (χ4v) is 2.94. The number of hydrogen-bond acceptors (Lipinski definition) is 2. The van der Waals surface area contributed by atoms with E-state index >= 15 is 0 Å². The molecule has 0 aliphatic carbocycles. The summed E-state index contributed by atoms with van der Waals surface area (Å²) in [5.41, 5.74) is 0. The molecule has 2 rings (SSSR count). The van der Waals surface area contributed by atoms with E-state index in [1.165, 1.54) is 13.1 Å². The summed E-state index contributed by atoms with van der Waals surface area (Å²) in [6.45, 7) is 9.27. The van der Waals surface area contributed by atoms with Crippen LogP contribution in [0.2, 0.25) is 0 Å². The summed E-state index contributed by atoms with van der Waals surface area (Å²) in [7, 11) is 2.24. The Hall–Kier alpha value is -0.0800. The molecule has 0 aromatic carbocycles. The van der Waals surface area contributed by atoms with Crippen molar-refractivity contribution in [2.24, 2.45) is 23.7 Å². The van der Waals surface area contributed by atoms with Gasteiger partial charge in [-0.15, -0.1) is 0 Å². The first-order chi connectivity index (χ1) is 6.18. The van der Waals surface area contributed by atoms with Crippen molar-refractivity contribution < 1.29 is 4.74 Å². The molecule has 2 heteroatoms. The van der Waals surface area contributed by atoms with Crippen molar-refractivity contribution in [1.82, 2.24) is 4.90 Å². The highest BCUT2D eigenvalue weighted by Gasteiger charge is 2.38. The van der Waals surface area contributed by atoms with E-state index in [4.69, 9.17) is 4.74 Å². The molecule has 2 aliphatic rings. The molecular formula is C11H21NO. The molecule has 0 N–H and O–H groups in total. The first-order valence-corrected chi connectivity index (χ1v) is 5.44. The van der Waals surface area contributed by atoms with E-state index in [9.17, 15) is 0 Å². The van der Waals surface area contributed by atoms with Crippen LogP contribution in [-0.4, -0.2) is 38.3 Å². The van der Waals surface area contributed by atoms with Crippen LogP contribution in [0.15, 0.2) is 0 Å². The zero-order chi connectivity index (χ0) is 9.42. The van der Waals surface area contributed by atoms with E-state index in [0.717, 1.165) is 36.9 Å². The third kappa shape index (κ3) is 1.75. The average Bonchev–Trinajstić information content (AvgIpc) is 2.47. The zero-order valence-corrected chi connectivity index (χ0v) is 8.99. The Morgan fingerprint density at radius 1 is 1.15 bits per heavy atom. The van der Waals surface area contributed by atoms with Gasteiger partial charge in [-0.1, -0.05) is 13.8 Å². The van der Waals surface area contributed by atoms with Gasteiger partial charge in [-0.3, -0.25) is 0 Å². The Labute approximate surface area is 81.3 Å². The van der Waals surface area contributed by atoms with Crippen LogP contribution in [0.4, 0.5) is 0 Å². The molecule has 0 spiro atoms. The topological polar surface area (TPSA) is 12.5 Å². The second kappa shape index (κ2) is 3.58. The van der Waals surface area contributed by atoms with Crippen molar-refractivity contribution in [1.29, 1.82) is 0 Å². The molecule has 0 radical (unpaired) electrons. The van der Waals surface area contributed by atoms with Crippen molar-refractivity contribution in [3.8, 4) is 0 Å². The maximum absolute atomic E-state index is 5.59. The maximum Gasteiger partial charge on any atom is 0.0510 e. The van der Waals surface area contributed by atoms with Crippen molar-refractivity contribution in [2.75, 3.05) is 33.4 Å². The first kappa shape index (κ1) is 9.47. The lowest BCUT2D eigenvalue weighted by Crippen LogP contribution is -2.27. The largest absolute Gasteiger partial charge is 0.381 e. The molecule has 0 aromatic heterocycles. The number of hydrogen-bond donors (Lipinski definition) is 0. The van der Waals surface area contributed by atoms with Gasteiger partial charge in [0.1, 0.15) is 0 Å². The summed E-state index contributed by atoms with van der Waals surface area (Å²) in [5.74, 6) is 3.27. The van der Waals surface area contributed by atoms with Gasteiger partial charge in [-0.05, 0) is 24.8 Å². The molecule has 0 amide bonds. The quantitative estimate of drug-likeness (QED) is 0.564. The van der Waals surface area contributed by atoms with Gasteiger partial charge in [0.25, 0.3) is 0 Å². The van der Waals surface area contributed by atoms with E-state index in [-0.39, 0.29) is 0 Å². The van der Waals surface area contributed by atoms with Crippen LogP contribution >= 0.6 is 0 Å². The average molecular weight is 183 g/mol. The van der Waals surface area contributed by atoms with Gasteiger partial charge in [-0.25, -0.2) is 0 Å². The number of likely N-dealkylation sites (tertiary alicyclic amines) is 1. The molecule has 0 saturated carbocycles. The zero-order valence-electron chi connectivity index (χ0n) is 8.99. The summed E-state index contributed by atoms with van der Waals surface area (Å²) in [6.07, 6.45) is 0. The Bertz CT molecular complexity index is 181. The van der Waals surface area contributed by atoms with Gasteiger partial charge >= 0.3 is 0 Å². The fraction of sp³-hybridized carbons (Fsp3) is 1.00. The number of fused-ring (bicyclic) bond motifs is 1. The lowest BCUT2D eigenvalue weighted by atomic mass is 9.80. The summed E-state index contributed by atoms with van der Waals surface area (Å²) < 4.78 is 5.59. The van der Waals surface area contributed by atoms with Gasteiger partial charge in [-0.2, -0.15) is 0 Å². The normalized spacial score (nSPS) is 47.3. The molecular weight excluding hydrogens is 162 g/mol. The van der Waals surface area contributed by atoms with Crippen molar-refractivity contribution >= 4 is 0 Å².